The molecule has 2 rings (SSSR count). The molecule has 1 aliphatic carbocycles. The number of carboxylic acid groups (broad SMARTS) is 1. The highest BCUT2D eigenvalue weighted by Gasteiger charge is 2.27. The number of carbonyl (C=O) groups is 1. The smallest absolute Gasteiger partial charge is 0.306 e. The molecule has 0 aromatic carbocycles. The van der Waals surface area contributed by atoms with Crippen molar-refractivity contribution in [2.75, 3.05) is 6.54 Å². The Bertz CT molecular complexity index is 573. The molecule has 112 valence electrons. The molecule has 1 aliphatic rings. The summed E-state index contributed by atoms with van der Waals surface area (Å²) in [4.78, 5) is 11.0. The number of rotatable bonds is 5. The third-order valence-electron chi connectivity index (χ3n) is 3.75. The molecule has 0 spiro atoms. The molecule has 0 saturated heterocycles. The zero-order valence-electron chi connectivity index (χ0n) is 11.3. The summed E-state index contributed by atoms with van der Waals surface area (Å²) >= 11 is 0. The number of aliphatic carboxylic acids is 1. The Morgan fingerprint density at radius 2 is 2.10 bits per heavy atom. The Labute approximate surface area is 118 Å². The normalized spacial score (nSPS) is 23.6. The van der Waals surface area contributed by atoms with Crippen LogP contribution in [0.4, 0.5) is 0 Å². The van der Waals surface area contributed by atoms with Crippen LogP contribution in [0.1, 0.15) is 25.7 Å². The molecule has 0 unspecified atom stereocenters. The van der Waals surface area contributed by atoms with Crippen LogP contribution in [0.2, 0.25) is 0 Å². The Balaban J connectivity index is 1.86. The zero-order valence-corrected chi connectivity index (χ0v) is 12.1. The van der Waals surface area contributed by atoms with Crippen LogP contribution in [-0.4, -0.2) is 35.8 Å². The first-order chi connectivity index (χ1) is 9.38. The molecule has 0 amide bonds. The van der Waals surface area contributed by atoms with Gasteiger partial charge in [0.05, 0.1) is 12.1 Å². The number of hydrogen-bond donors (Lipinski definition) is 2. The van der Waals surface area contributed by atoms with Gasteiger partial charge in [0, 0.05) is 19.8 Å². The van der Waals surface area contributed by atoms with Gasteiger partial charge in [0.1, 0.15) is 4.90 Å². The molecule has 2 N–H and O–H groups in total. The lowest BCUT2D eigenvalue weighted by molar-refractivity contribution is -0.143. The van der Waals surface area contributed by atoms with Crippen molar-refractivity contribution in [1.82, 2.24) is 14.5 Å². The molecular weight excluding hydrogens is 282 g/mol. The Kier molecular flexibility index (Phi) is 4.44. The molecule has 1 heterocycles. The van der Waals surface area contributed by atoms with Gasteiger partial charge in [-0.3, -0.25) is 9.48 Å². The largest absolute Gasteiger partial charge is 0.481 e. The minimum atomic E-state index is -3.52. The highest BCUT2D eigenvalue weighted by Crippen LogP contribution is 2.28. The Morgan fingerprint density at radius 1 is 1.45 bits per heavy atom. The molecular formula is C12H19N3O4S. The fourth-order valence-corrected chi connectivity index (χ4v) is 3.56. The molecule has 8 heteroatoms. The highest BCUT2D eigenvalue weighted by atomic mass is 32.2. The van der Waals surface area contributed by atoms with Crippen LogP contribution >= 0.6 is 0 Å². The summed E-state index contributed by atoms with van der Waals surface area (Å²) in [5.41, 5.74) is 0. The van der Waals surface area contributed by atoms with E-state index in [0.717, 1.165) is 12.8 Å². The van der Waals surface area contributed by atoms with Gasteiger partial charge in [-0.05, 0) is 31.6 Å². The summed E-state index contributed by atoms with van der Waals surface area (Å²) in [5, 5.41) is 12.8. The number of sulfonamides is 1. The first-order valence-corrected chi connectivity index (χ1v) is 8.08. The second kappa shape index (κ2) is 5.92. The lowest BCUT2D eigenvalue weighted by Crippen LogP contribution is -2.32. The molecule has 1 aromatic rings. The summed E-state index contributed by atoms with van der Waals surface area (Å²) in [6, 6.07) is 0. The van der Waals surface area contributed by atoms with Gasteiger partial charge in [-0.1, -0.05) is 0 Å². The predicted molar refractivity (Wildman–Crippen MR) is 71.5 cm³/mol. The van der Waals surface area contributed by atoms with Crippen LogP contribution in [0, 0.1) is 11.8 Å². The highest BCUT2D eigenvalue weighted by molar-refractivity contribution is 7.89. The van der Waals surface area contributed by atoms with E-state index in [2.05, 4.69) is 9.82 Å². The van der Waals surface area contributed by atoms with Crippen LogP contribution in [0.25, 0.3) is 0 Å². The van der Waals surface area contributed by atoms with Crippen LogP contribution in [0.5, 0.6) is 0 Å². The van der Waals surface area contributed by atoms with Gasteiger partial charge in [-0.2, -0.15) is 5.10 Å². The van der Waals surface area contributed by atoms with E-state index >= 15 is 0 Å². The molecule has 0 bridgehead atoms. The van der Waals surface area contributed by atoms with Gasteiger partial charge in [0.25, 0.3) is 0 Å². The maximum absolute atomic E-state index is 12.0. The summed E-state index contributed by atoms with van der Waals surface area (Å²) < 4.78 is 28.0. The van der Waals surface area contributed by atoms with Gasteiger partial charge < -0.3 is 5.11 Å². The third kappa shape index (κ3) is 3.57. The first kappa shape index (κ1) is 15.0. The van der Waals surface area contributed by atoms with Crippen molar-refractivity contribution in [3.05, 3.63) is 12.4 Å². The van der Waals surface area contributed by atoms with Crippen LogP contribution < -0.4 is 4.72 Å². The topological polar surface area (TPSA) is 101 Å². The molecule has 0 aliphatic heterocycles. The van der Waals surface area contributed by atoms with Gasteiger partial charge >= 0.3 is 5.97 Å². The van der Waals surface area contributed by atoms with Gasteiger partial charge in [-0.15, -0.1) is 0 Å². The van der Waals surface area contributed by atoms with E-state index in [-0.39, 0.29) is 16.7 Å². The lowest BCUT2D eigenvalue weighted by Gasteiger charge is -2.25. The van der Waals surface area contributed by atoms with Crippen molar-refractivity contribution in [3.8, 4) is 0 Å². The monoisotopic (exact) mass is 301 g/mol. The number of carboxylic acids is 1. The quantitative estimate of drug-likeness (QED) is 0.829. The first-order valence-electron chi connectivity index (χ1n) is 6.59. The van der Waals surface area contributed by atoms with E-state index < -0.39 is 16.0 Å². The predicted octanol–water partition coefficient (Wildman–Crippen LogP) is 0.589. The lowest BCUT2D eigenvalue weighted by atomic mass is 9.82. The van der Waals surface area contributed by atoms with Crippen molar-refractivity contribution in [2.24, 2.45) is 18.9 Å². The Morgan fingerprint density at radius 3 is 2.60 bits per heavy atom. The fraction of sp³-hybridized carbons (Fsp3) is 0.667. The average molecular weight is 301 g/mol. The summed E-state index contributed by atoms with van der Waals surface area (Å²) in [6.07, 6.45) is 5.48. The molecule has 1 aromatic heterocycles. The van der Waals surface area contributed by atoms with Crippen molar-refractivity contribution < 1.29 is 18.3 Å². The minimum absolute atomic E-state index is 0.152. The third-order valence-corrected chi connectivity index (χ3v) is 5.13. The molecule has 7 nitrogen and oxygen atoms in total. The molecule has 1 saturated carbocycles. The maximum Gasteiger partial charge on any atom is 0.306 e. The van der Waals surface area contributed by atoms with Crippen molar-refractivity contribution >= 4 is 16.0 Å². The van der Waals surface area contributed by atoms with Crippen LogP contribution in [-0.2, 0) is 21.9 Å². The van der Waals surface area contributed by atoms with E-state index in [1.54, 1.807) is 7.05 Å². The van der Waals surface area contributed by atoms with Crippen LogP contribution in [0.15, 0.2) is 17.3 Å². The fourth-order valence-electron chi connectivity index (χ4n) is 2.46. The van der Waals surface area contributed by atoms with Crippen molar-refractivity contribution in [2.45, 2.75) is 30.6 Å². The number of aryl methyl sites for hydroxylation is 1. The standard InChI is InChI=1S/C12H19N3O4S/c1-15-8-11(7-13-15)20(18,19)14-6-9-2-4-10(5-3-9)12(16)17/h7-10,14H,2-6H2,1H3,(H,16,17). The van der Waals surface area contributed by atoms with E-state index in [1.165, 1.54) is 17.1 Å². The van der Waals surface area contributed by atoms with E-state index in [1.807, 2.05) is 0 Å². The second-order valence-corrected chi connectivity index (χ2v) is 7.02. The van der Waals surface area contributed by atoms with E-state index in [9.17, 15) is 13.2 Å². The minimum Gasteiger partial charge on any atom is -0.481 e. The number of nitrogens with one attached hydrogen (secondary N) is 1. The number of aromatic nitrogens is 2. The molecule has 0 atom stereocenters. The second-order valence-electron chi connectivity index (χ2n) is 5.26. The summed E-state index contributed by atoms with van der Waals surface area (Å²) in [6.45, 7) is 0.351. The van der Waals surface area contributed by atoms with Crippen LogP contribution in [0.3, 0.4) is 0 Å². The van der Waals surface area contributed by atoms with Gasteiger partial charge in [-0.25, -0.2) is 13.1 Å². The number of nitrogens with zero attached hydrogens (tertiary/aromatic N) is 2. The van der Waals surface area contributed by atoms with Crippen molar-refractivity contribution in [3.63, 3.8) is 0 Å². The summed E-state index contributed by atoms with van der Waals surface area (Å²) in [7, 11) is -1.86. The average Bonchev–Trinajstić information content (AvgIpc) is 2.84. The number of hydrogen-bond acceptors (Lipinski definition) is 4. The maximum atomic E-state index is 12.0. The van der Waals surface area contributed by atoms with E-state index in [4.69, 9.17) is 5.11 Å². The SMILES string of the molecule is Cn1cc(S(=O)(=O)NCC2CCC(C(=O)O)CC2)cn1. The zero-order chi connectivity index (χ0) is 14.8. The molecule has 1 fully saturated rings. The molecule has 20 heavy (non-hydrogen) atoms. The molecule has 0 radical (unpaired) electrons. The Hall–Kier alpha value is -1.41. The van der Waals surface area contributed by atoms with Crippen molar-refractivity contribution in [1.29, 1.82) is 0 Å². The summed E-state index contributed by atoms with van der Waals surface area (Å²) in [5.74, 6) is -0.822. The van der Waals surface area contributed by atoms with Gasteiger partial charge in [0.15, 0.2) is 0 Å². The van der Waals surface area contributed by atoms with Gasteiger partial charge in [0.2, 0.25) is 10.0 Å². The van der Waals surface area contributed by atoms with E-state index in [0.29, 0.717) is 19.4 Å².